The maximum atomic E-state index is 13.3. The smallest absolute Gasteiger partial charge is 0.243 e. The Morgan fingerprint density at radius 2 is 1.67 bits per heavy atom. The van der Waals surface area contributed by atoms with Gasteiger partial charge < -0.3 is 10.2 Å². The van der Waals surface area contributed by atoms with Gasteiger partial charge in [0.05, 0.1) is 5.75 Å². The van der Waals surface area contributed by atoms with Crippen molar-refractivity contribution in [1.29, 1.82) is 0 Å². The maximum Gasteiger partial charge on any atom is 0.243 e. The molecule has 2 aromatic carbocycles. The lowest BCUT2D eigenvalue weighted by molar-refractivity contribution is -0.140. The molecule has 0 radical (unpaired) electrons. The lowest BCUT2D eigenvalue weighted by Crippen LogP contribution is -2.53. The predicted octanol–water partition coefficient (Wildman–Crippen LogP) is 7.26. The van der Waals surface area contributed by atoms with Crippen LogP contribution < -0.4 is 5.32 Å². The Kier molecular flexibility index (Phi) is 10.7. The number of amides is 2. The van der Waals surface area contributed by atoms with Gasteiger partial charge in [-0.3, -0.25) is 9.59 Å². The lowest BCUT2D eigenvalue weighted by Gasteiger charge is -2.33. The highest BCUT2D eigenvalue weighted by molar-refractivity contribution is 7.99. The van der Waals surface area contributed by atoms with E-state index in [4.69, 9.17) is 46.4 Å². The second-order valence-corrected chi connectivity index (χ2v) is 11.3. The van der Waals surface area contributed by atoms with Crippen LogP contribution in [0.4, 0.5) is 0 Å². The van der Waals surface area contributed by atoms with Crippen molar-refractivity contribution in [2.75, 3.05) is 5.75 Å². The minimum absolute atomic E-state index is 0.159. The van der Waals surface area contributed by atoms with Crippen molar-refractivity contribution in [3.63, 3.8) is 0 Å². The summed E-state index contributed by atoms with van der Waals surface area (Å²) in [6.45, 7) is 7.79. The molecule has 0 fully saturated rings. The number of rotatable bonds is 9. The molecule has 0 aromatic heterocycles. The molecule has 1 atom stereocenters. The quantitative estimate of drug-likeness (QED) is 0.358. The van der Waals surface area contributed by atoms with Gasteiger partial charge in [-0.2, -0.15) is 0 Å². The number of carbonyl (C=O) groups is 2. The molecule has 33 heavy (non-hydrogen) atoms. The molecule has 1 N–H and O–H groups in total. The molecular weight excluding hydrogens is 522 g/mol. The zero-order chi connectivity index (χ0) is 24.8. The van der Waals surface area contributed by atoms with Crippen molar-refractivity contribution in [3.8, 4) is 0 Å². The minimum Gasteiger partial charge on any atom is -0.350 e. The van der Waals surface area contributed by atoms with Gasteiger partial charge in [0.1, 0.15) is 6.04 Å². The number of carbonyl (C=O) groups excluding carboxylic acids is 2. The molecular formula is C24H28Cl4N2O2S. The summed E-state index contributed by atoms with van der Waals surface area (Å²) in [5, 5.41) is 5.05. The van der Waals surface area contributed by atoms with Crippen LogP contribution in [0.2, 0.25) is 20.1 Å². The van der Waals surface area contributed by atoms with Crippen LogP contribution in [0, 0.1) is 0 Å². The SMILES string of the molecule is CC[C@@H](C(=O)NC(C)(C)C)N(Cc1ccc(Cl)cc1Cl)C(=O)CSCc1c(Cl)cccc1Cl. The largest absolute Gasteiger partial charge is 0.350 e. The summed E-state index contributed by atoms with van der Waals surface area (Å²) in [4.78, 5) is 28.0. The van der Waals surface area contributed by atoms with Gasteiger partial charge in [-0.05, 0) is 62.6 Å². The third-order valence-corrected chi connectivity index (χ3v) is 7.01. The van der Waals surface area contributed by atoms with E-state index >= 15 is 0 Å². The monoisotopic (exact) mass is 548 g/mol. The van der Waals surface area contributed by atoms with Crippen molar-refractivity contribution in [1.82, 2.24) is 10.2 Å². The summed E-state index contributed by atoms with van der Waals surface area (Å²) in [7, 11) is 0. The molecule has 0 heterocycles. The van der Waals surface area contributed by atoms with Gasteiger partial charge >= 0.3 is 0 Å². The zero-order valence-corrected chi connectivity index (χ0v) is 22.9. The molecule has 0 bridgehead atoms. The van der Waals surface area contributed by atoms with Gasteiger partial charge in [0, 0.05) is 37.9 Å². The number of nitrogens with zero attached hydrogens (tertiary/aromatic N) is 1. The molecule has 9 heteroatoms. The first-order chi connectivity index (χ1) is 15.4. The molecule has 0 saturated carbocycles. The van der Waals surface area contributed by atoms with E-state index in [1.54, 1.807) is 41.3 Å². The second-order valence-electron chi connectivity index (χ2n) is 8.61. The number of benzene rings is 2. The van der Waals surface area contributed by atoms with Gasteiger partial charge in [-0.1, -0.05) is 65.5 Å². The molecule has 4 nitrogen and oxygen atoms in total. The topological polar surface area (TPSA) is 49.4 Å². The summed E-state index contributed by atoms with van der Waals surface area (Å²) in [5.41, 5.74) is 1.08. The molecule has 180 valence electrons. The van der Waals surface area contributed by atoms with Crippen LogP contribution in [0.5, 0.6) is 0 Å². The summed E-state index contributed by atoms with van der Waals surface area (Å²) >= 11 is 26.3. The van der Waals surface area contributed by atoms with E-state index in [1.165, 1.54) is 11.8 Å². The summed E-state index contributed by atoms with van der Waals surface area (Å²) in [6, 6.07) is 9.79. The van der Waals surface area contributed by atoms with Gasteiger partial charge in [-0.25, -0.2) is 0 Å². The minimum atomic E-state index is -0.645. The van der Waals surface area contributed by atoms with Gasteiger partial charge in [0.25, 0.3) is 0 Å². The van der Waals surface area contributed by atoms with E-state index < -0.39 is 11.6 Å². The fraction of sp³-hybridized carbons (Fsp3) is 0.417. The van der Waals surface area contributed by atoms with Gasteiger partial charge in [-0.15, -0.1) is 11.8 Å². The molecule has 0 aliphatic carbocycles. The number of nitrogens with one attached hydrogen (secondary N) is 1. The normalized spacial score (nSPS) is 12.4. The Morgan fingerprint density at radius 1 is 1.03 bits per heavy atom. The van der Waals surface area contributed by atoms with Crippen LogP contribution >= 0.6 is 58.2 Å². The molecule has 2 amide bonds. The summed E-state index contributed by atoms with van der Waals surface area (Å²) in [6.07, 6.45) is 0.458. The van der Waals surface area contributed by atoms with E-state index in [2.05, 4.69) is 5.32 Å². The number of hydrogen-bond donors (Lipinski definition) is 1. The van der Waals surface area contributed by atoms with Gasteiger partial charge in [0.15, 0.2) is 0 Å². The highest BCUT2D eigenvalue weighted by Crippen LogP contribution is 2.29. The van der Waals surface area contributed by atoms with Crippen LogP contribution in [0.3, 0.4) is 0 Å². The van der Waals surface area contributed by atoms with E-state index in [9.17, 15) is 9.59 Å². The second kappa shape index (κ2) is 12.6. The Hall–Kier alpha value is -1.11. The first kappa shape index (κ1) is 28.1. The average molecular weight is 550 g/mol. The molecule has 0 spiro atoms. The molecule has 2 aromatic rings. The number of halogens is 4. The maximum absolute atomic E-state index is 13.3. The Bertz CT molecular complexity index is 975. The van der Waals surface area contributed by atoms with Gasteiger partial charge in [0.2, 0.25) is 11.8 Å². The standard InChI is InChI=1S/C24H28Cl4N2O2S/c1-5-21(23(32)29-24(2,3)4)30(12-15-9-10-16(25)11-20(15)28)22(31)14-33-13-17-18(26)7-6-8-19(17)27/h6-11,21H,5,12-14H2,1-4H3,(H,29,32)/t21-/m0/s1. The van der Waals surface area contributed by atoms with Crippen LogP contribution in [-0.2, 0) is 21.9 Å². The van der Waals surface area contributed by atoms with Crippen LogP contribution in [0.1, 0.15) is 45.2 Å². The van der Waals surface area contributed by atoms with Crippen molar-refractivity contribution in [2.45, 2.75) is 58.0 Å². The predicted molar refractivity (Wildman–Crippen MR) is 142 cm³/mol. The third-order valence-electron chi connectivity index (χ3n) is 4.77. The number of hydrogen-bond acceptors (Lipinski definition) is 3. The lowest BCUT2D eigenvalue weighted by atomic mass is 10.1. The molecule has 2 rings (SSSR count). The zero-order valence-electron chi connectivity index (χ0n) is 19.1. The van der Waals surface area contributed by atoms with Crippen LogP contribution in [0.15, 0.2) is 36.4 Å². The molecule has 0 aliphatic heterocycles. The molecule has 0 unspecified atom stereocenters. The average Bonchev–Trinajstić information content (AvgIpc) is 2.70. The summed E-state index contributed by atoms with van der Waals surface area (Å²) < 4.78 is 0. The van der Waals surface area contributed by atoms with E-state index in [0.29, 0.717) is 32.3 Å². The van der Waals surface area contributed by atoms with E-state index in [1.807, 2.05) is 27.7 Å². The van der Waals surface area contributed by atoms with E-state index in [0.717, 1.165) is 11.1 Å². The van der Waals surface area contributed by atoms with Crippen molar-refractivity contribution in [2.24, 2.45) is 0 Å². The fourth-order valence-corrected chi connectivity index (χ4v) is 5.31. The molecule has 0 saturated heterocycles. The first-order valence-corrected chi connectivity index (χ1v) is 13.2. The van der Waals surface area contributed by atoms with E-state index in [-0.39, 0.29) is 24.1 Å². The third kappa shape index (κ3) is 8.56. The Labute approximate surface area is 220 Å². The van der Waals surface area contributed by atoms with Crippen molar-refractivity contribution < 1.29 is 9.59 Å². The van der Waals surface area contributed by atoms with Crippen molar-refractivity contribution in [3.05, 3.63) is 67.6 Å². The number of thioether (sulfide) groups is 1. The molecule has 0 aliphatic rings. The highest BCUT2D eigenvalue weighted by atomic mass is 35.5. The van der Waals surface area contributed by atoms with Crippen LogP contribution in [-0.4, -0.2) is 34.0 Å². The Morgan fingerprint density at radius 3 is 2.21 bits per heavy atom. The van der Waals surface area contributed by atoms with Crippen LogP contribution in [0.25, 0.3) is 0 Å². The Balaban J connectivity index is 2.24. The fourth-order valence-electron chi connectivity index (χ4n) is 3.20. The van der Waals surface area contributed by atoms with Crippen molar-refractivity contribution >= 4 is 70.0 Å². The first-order valence-electron chi connectivity index (χ1n) is 10.5. The highest BCUT2D eigenvalue weighted by Gasteiger charge is 2.31. The summed E-state index contributed by atoms with van der Waals surface area (Å²) in [5.74, 6) is 0.254.